The molecule has 0 saturated carbocycles. The molecule has 17 heavy (non-hydrogen) atoms. The molecule has 0 fully saturated rings. The van der Waals surface area contributed by atoms with Crippen molar-refractivity contribution in [1.82, 2.24) is 15.2 Å². The second kappa shape index (κ2) is 3.96. The fourth-order valence-corrected chi connectivity index (χ4v) is 3.52. The lowest BCUT2D eigenvalue weighted by molar-refractivity contribution is 0.586. The molecule has 1 heterocycles. The third kappa shape index (κ3) is 1.95. The monoisotopic (exact) mass is 251 g/mol. The van der Waals surface area contributed by atoms with Crippen LogP contribution < -0.4 is 0 Å². The minimum atomic E-state index is -3.63. The molecule has 0 saturated heterocycles. The second-order valence-corrected chi connectivity index (χ2v) is 5.79. The molecule has 0 unspecified atom stereocenters. The summed E-state index contributed by atoms with van der Waals surface area (Å²) in [6.45, 7) is 5.49. The summed E-state index contributed by atoms with van der Waals surface area (Å²) in [4.78, 5) is 4.01. The number of hydrogen-bond acceptors (Lipinski definition) is 4. The number of nitrogens with zero attached hydrogens (tertiary/aromatic N) is 2. The average Bonchev–Trinajstić information content (AvgIpc) is 2.67. The predicted molar refractivity (Wildman–Crippen MR) is 62.5 cm³/mol. The summed E-state index contributed by atoms with van der Waals surface area (Å²) >= 11 is 0. The van der Waals surface area contributed by atoms with Gasteiger partial charge in [0.15, 0.2) is 0 Å². The van der Waals surface area contributed by atoms with Gasteiger partial charge in [0.2, 0.25) is 9.84 Å². The minimum Gasteiger partial charge on any atom is -0.265 e. The number of hydrogen-bond donors (Lipinski definition) is 1. The summed E-state index contributed by atoms with van der Waals surface area (Å²) in [5.41, 5.74) is 2.47. The molecule has 5 nitrogen and oxygen atoms in total. The smallest absolute Gasteiger partial charge is 0.265 e. The second-order valence-electron chi connectivity index (χ2n) is 4.01. The third-order valence-corrected chi connectivity index (χ3v) is 4.37. The van der Waals surface area contributed by atoms with Crippen LogP contribution in [0.1, 0.15) is 16.7 Å². The number of aryl methyl sites for hydroxylation is 3. The van der Waals surface area contributed by atoms with Crippen LogP contribution in [-0.4, -0.2) is 23.6 Å². The summed E-state index contributed by atoms with van der Waals surface area (Å²) in [6, 6.07) is 3.68. The lowest BCUT2D eigenvalue weighted by Crippen LogP contribution is -2.08. The van der Waals surface area contributed by atoms with E-state index >= 15 is 0 Å². The molecular formula is C11H13N3O2S. The Kier molecular flexibility index (Phi) is 2.74. The van der Waals surface area contributed by atoms with Crippen molar-refractivity contribution < 1.29 is 8.42 Å². The highest BCUT2D eigenvalue weighted by Crippen LogP contribution is 2.25. The van der Waals surface area contributed by atoms with Crippen LogP contribution in [0.15, 0.2) is 28.5 Å². The van der Waals surface area contributed by atoms with Crippen LogP contribution in [0, 0.1) is 20.8 Å². The lowest BCUT2D eigenvalue weighted by atomic mass is 10.1. The van der Waals surface area contributed by atoms with Gasteiger partial charge in [-0.25, -0.2) is 13.4 Å². The summed E-state index contributed by atoms with van der Waals surface area (Å²) in [5.74, 6) is 0. The van der Waals surface area contributed by atoms with Crippen molar-refractivity contribution in [2.75, 3.05) is 0 Å². The molecule has 0 aliphatic carbocycles. The van der Waals surface area contributed by atoms with E-state index in [4.69, 9.17) is 0 Å². The molecule has 0 bridgehead atoms. The van der Waals surface area contributed by atoms with E-state index in [1.54, 1.807) is 13.8 Å². The van der Waals surface area contributed by atoms with Crippen LogP contribution in [0.25, 0.3) is 0 Å². The van der Waals surface area contributed by atoms with Crippen molar-refractivity contribution in [2.24, 2.45) is 0 Å². The Labute approximate surface area is 99.8 Å². The van der Waals surface area contributed by atoms with E-state index in [1.165, 1.54) is 6.33 Å². The van der Waals surface area contributed by atoms with E-state index in [0.717, 1.165) is 5.56 Å². The van der Waals surface area contributed by atoms with Gasteiger partial charge in [-0.15, -0.1) is 5.10 Å². The van der Waals surface area contributed by atoms with Gasteiger partial charge >= 0.3 is 0 Å². The van der Waals surface area contributed by atoms with Crippen molar-refractivity contribution in [3.8, 4) is 0 Å². The van der Waals surface area contributed by atoms with E-state index < -0.39 is 9.84 Å². The zero-order chi connectivity index (χ0) is 12.6. The van der Waals surface area contributed by atoms with Crippen molar-refractivity contribution >= 4 is 9.84 Å². The van der Waals surface area contributed by atoms with Crippen LogP contribution in [0.5, 0.6) is 0 Å². The summed E-state index contributed by atoms with van der Waals surface area (Å²) < 4.78 is 24.6. The molecule has 0 aliphatic rings. The van der Waals surface area contributed by atoms with E-state index in [9.17, 15) is 8.42 Å². The Hall–Kier alpha value is -1.69. The van der Waals surface area contributed by atoms with E-state index in [1.807, 2.05) is 19.1 Å². The van der Waals surface area contributed by atoms with E-state index in [0.29, 0.717) is 16.0 Å². The van der Waals surface area contributed by atoms with Crippen molar-refractivity contribution in [3.63, 3.8) is 0 Å². The SMILES string of the molecule is Cc1cc(C)c(S(=O)(=O)c2nc[nH]n2)c(C)c1. The number of aromatic amines is 1. The standard InChI is InChI=1S/C11H13N3O2S/c1-7-4-8(2)10(9(3)5-7)17(15,16)11-12-6-13-14-11/h4-6H,1-3H3,(H,12,13,14). The predicted octanol–water partition coefficient (Wildman–Crippen LogP) is 1.56. The maximum Gasteiger partial charge on any atom is 0.271 e. The first-order valence-electron chi connectivity index (χ1n) is 5.11. The summed E-state index contributed by atoms with van der Waals surface area (Å²) in [6.07, 6.45) is 1.26. The molecule has 2 rings (SSSR count). The topological polar surface area (TPSA) is 75.7 Å². The number of aromatic nitrogens is 3. The quantitative estimate of drug-likeness (QED) is 0.878. The molecule has 6 heteroatoms. The largest absolute Gasteiger partial charge is 0.271 e. The number of rotatable bonds is 2. The van der Waals surface area contributed by atoms with Gasteiger partial charge in [-0.05, 0) is 31.9 Å². The van der Waals surface area contributed by atoms with Gasteiger partial charge in [0.1, 0.15) is 6.33 Å². The van der Waals surface area contributed by atoms with Gasteiger partial charge in [0.25, 0.3) is 5.16 Å². The normalized spacial score (nSPS) is 11.7. The minimum absolute atomic E-state index is 0.187. The molecular weight excluding hydrogens is 238 g/mol. The number of nitrogens with one attached hydrogen (secondary N) is 1. The third-order valence-electron chi connectivity index (χ3n) is 2.51. The number of sulfone groups is 1. The van der Waals surface area contributed by atoms with Crippen LogP contribution in [-0.2, 0) is 9.84 Å². The van der Waals surface area contributed by atoms with Gasteiger partial charge in [-0.1, -0.05) is 17.7 Å². The fraction of sp³-hybridized carbons (Fsp3) is 0.273. The molecule has 1 aromatic heterocycles. The van der Waals surface area contributed by atoms with Gasteiger partial charge in [-0.3, -0.25) is 5.10 Å². The van der Waals surface area contributed by atoms with Crippen LogP contribution in [0.2, 0.25) is 0 Å². The molecule has 2 aromatic rings. The molecule has 0 aliphatic heterocycles. The average molecular weight is 251 g/mol. The highest BCUT2D eigenvalue weighted by Gasteiger charge is 2.25. The lowest BCUT2D eigenvalue weighted by Gasteiger charge is -2.09. The van der Waals surface area contributed by atoms with Crippen LogP contribution in [0.3, 0.4) is 0 Å². The highest BCUT2D eigenvalue weighted by atomic mass is 32.2. The van der Waals surface area contributed by atoms with Gasteiger partial charge in [0.05, 0.1) is 4.90 Å². The molecule has 0 spiro atoms. The summed E-state index contributed by atoms with van der Waals surface area (Å²) in [5, 5.41) is 5.87. The van der Waals surface area contributed by atoms with E-state index in [2.05, 4.69) is 15.2 Å². The maximum absolute atomic E-state index is 12.3. The Bertz CT molecular complexity index is 622. The molecule has 0 amide bonds. The van der Waals surface area contributed by atoms with Gasteiger partial charge < -0.3 is 0 Å². The maximum atomic E-state index is 12.3. The molecule has 1 aromatic carbocycles. The zero-order valence-corrected chi connectivity index (χ0v) is 10.7. The summed E-state index contributed by atoms with van der Waals surface area (Å²) in [7, 11) is -3.63. The first-order valence-corrected chi connectivity index (χ1v) is 6.60. The zero-order valence-electron chi connectivity index (χ0n) is 9.85. The van der Waals surface area contributed by atoms with Gasteiger partial charge in [0, 0.05) is 0 Å². The number of benzene rings is 1. The van der Waals surface area contributed by atoms with Gasteiger partial charge in [-0.2, -0.15) is 0 Å². The molecule has 1 N–H and O–H groups in total. The van der Waals surface area contributed by atoms with Crippen molar-refractivity contribution in [1.29, 1.82) is 0 Å². The fourth-order valence-electron chi connectivity index (χ4n) is 2.01. The first kappa shape index (κ1) is 11.8. The molecule has 0 atom stereocenters. The molecule has 90 valence electrons. The highest BCUT2D eigenvalue weighted by molar-refractivity contribution is 7.91. The first-order chi connectivity index (χ1) is 7.93. The van der Waals surface area contributed by atoms with Crippen LogP contribution >= 0.6 is 0 Å². The number of H-pyrrole nitrogens is 1. The molecule has 0 radical (unpaired) electrons. The van der Waals surface area contributed by atoms with Crippen molar-refractivity contribution in [3.05, 3.63) is 35.2 Å². The Morgan fingerprint density at radius 2 is 1.71 bits per heavy atom. The Morgan fingerprint density at radius 3 is 2.18 bits per heavy atom. The van der Waals surface area contributed by atoms with Crippen LogP contribution in [0.4, 0.5) is 0 Å². The Balaban J connectivity index is 2.71. The Morgan fingerprint density at radius 1 is 1.12 bits per heavy atom. The van der Waals surface area contributed by atoms with Crippen molar-refractivity contribution in [2.45, 2.75) is 30.8 Å². The van der Waals surface area contributed by atoms with E-state index in [-0.39, 0.29) is 5.16 Å².